The van der Waals surface area contributed by atoms with Crippen LogP contribution in [0.1, 0.15) is 29.2 Å². The Kier molecular flexibility index (Phi) is 4.30. The molecular weight excluding hydrogens is 306 g/mol. The predicted octanol–water partition coefficient (Wildman–Crippen LogP) is 3.40. The molecule has 0 radical (unpaired) electrons. The summed E-state index contributed by atoms with van der Waals surface area (Å²) in [5.41, 5.74) is 10.3. The third-order valence-electron chi connectivity index (χ3n) is 4.11. The molecule has 0 aromatic heterocycles. The van der Waals surface area contributed by atoms with Gasteiger partial charge in [-0.05, 0) is 60.1 Å². The average Bonchev–Trinajstić information content (AvgIpc) is 3.01. The van der Waals surface area contributed by atoms with Crippen LogP contribution in [0.5, 0.6) is 5.75 Å². The van der Waals surface area contributed by atoms with Gasteiger partial charge in [0.2, 0.25) is 0 Å². The van der Waals surface area contributed by atoms with Gasteiger partial charge in [-0.3, -0.25) is 0 Å². The topological polar surface area (TPSA) is 50.8 Å². The molecule has 3 rings (SSSR count). The van der Waals surface area contributed by atoms with Crippen molar-refractivity contribution in [1.29, 1.82) is 0 Å². The van der Waals surface area contributed by atoms with E-state index in [1.165, 1.54) is 11.1 Å². The molecule has 1 atom stereocenters. The predicted molar refractivity (Wildman–Crippen MR) is 96.7 cm³/mol. The van der Waals surface area contributed by atoms with Crippen molar-refractivity contribution in [3.05, 3.63) is 65.2 Å². The van der Waals surface area contributed by atoms with Gasteiger partial charge in [0.1, 0.15) is 5.75 Å². The van der Waals surface area contributed by atoms with Crippen molar-refractivity contribution in [3.63, 3.8) is 0 Å². The van der Waals surface area contributed by atoms with Crippen molar-refractivity contribution in [2.75, 3.05) is 7.11 Å². The first-order valence-corrected chi connectivity index (χ1v) is 7.87. The summed E-state index contributed by atoms with van der Waals surface area (Å²) in [5, 5.41) is 6.70. The number of nitrogens with two attached hydrogens (primary N) is 1. The number of methoxy groups -OCH3 is 1. The molecule has 23 heavy (non-hydrogen) atoms. The Balaban J connectivity index is 1.93. The lowest BCUT2D eigenvalue weighted by Crippen LogP contribution is -2.31. The molecule has 1 heterocycles. The van der Waals surface area contributed by atoms with Gasteiger partial charge in [-0.2, -0.15) is 5.10 Å². The van der Waals surface area contributed by atoms with Crippen molar-refractivity contribution in [2.24, 2.45) is 10.8 Å². The fraction of sp³-hybridized carbons (Fsp3) is 0.222. The Bertz CT molecular complexity index is 755. The van der Waals surface area contributed by atoms with E-state index in [9.17, 15) is 0 Å². The van der Waals surface area contributed by atoms with Crippen molar-refractivity contribution in [3.8, 4) is 5.75 Å². The number of hydrazone groups is 1. The maximum absolute atomic E-state index is 5.89. The summed E-state index contributed by atoms with van der Waals surface area (Å²) >= 11 is 5.19. The molecule has 0 amide bonds. The summed E-state index contributed by atoms with van der Waals surface area (Å²) in [7, 11) is 1.66. The Labute approximate surface area is 141 Å². The Hall–Kier alpha value is -2.40. The van der Waals surface area contributed by atoms with E-state index in [1.807, 2.05) is 36.4 Å². The van der Waals surface area contributed by atoms with Gasteiger partial charge in [0.05, 0.1) is 18.9 Å². The third-order valence-corrected chi connectivity index (χ3v) is 4.29. The summed E-state index contributed by atoms with van der Waals surface area (Å²) < 4.78 is 5.21. The molecule has 1 aliphatic rings. The van der Waals surface area contributed by atoms with E-state index in [0.717, 1.165) is 23.4 Å². The molecule has 2 aromatic rings. The molecule has 0 aliphatic carbocycles. The van der Waals surface area contributed by atoms with Gasteiger partial charge in [-0.15, -0.1) is 0 Å². The number of hydrogen-bond acceptors (Lipinski definition) is 3. The highest BCUT2D eigenvalue weighted by Gasteiger charge is 2.31. The molecule has 2 aromatic carbocycles. The van der Waals surface area contributed by atoms with E-state index in [2.05, 4.69) is 24.2 Å². The van der Waals surface area contributed by atoms with Crippen molar-refractivity contribution >= 4 is 23.0 Å². The number of ether oxygens (including phenoxy) is 1. The maximum atomic E-state index is 5.89. The standard InChI is InChI=1S/C18H19N3OS/c1-12-5-3-4-6-15(12)17-11-16(20-21(17)18(19)23)13-7-9-14(22-2)10-8-13/h3-10,17H,11H2,1-2H3,(H2,19,23). The number of nitrogens with zero attached hydrogens (tertiary/aromatic N) is 2. The highest BCUT2D eigenvalue weighted by molar-refractivity contribution is 7.80. The lowest BCUT2D eigenvalue weighted by molar-refractivity contribution is 0.371. The van der Waals surface area contributed by atoms with Crippen LogP contribution in [-0.2, 0) is 0 Å². The van der Waals surface area contributed by atoms with Gasteiger partial charge in [-0.25, -0.2) is 5.01 Å². The largest absolute Gasteiger partial charge is 0.497 e. The third kappa shape index (κ3) is 3.05. The normalized spacial score (nSPS) is 17.0. The van der Waals surface area contributed by atoms with Gasteiger partial charge in [0.15, 0.2) is 5.11 Å². The Morgan fingerprint density at radius 3 is 2.52 bits per heavy atom. The first kappa shape index (κ1) is 15.5. The first-order chi connectivity index (χ1) is 11.1. The Morgan fingerprint density at radius 1 is 1.22 bits per heavy atom. The summed E-state index contributed by atoms with van der Waals surface area (Å²) in [6.07, 6.45) is 0.772. The zero-order valence-corrected chi connectivity index (χ0v) is 14.0. The summed E-state index contributed by atoms with van der Waals surface area (Å²) in [6, 6.07) is 16.2. The minimum absolute atomic E-state index is 0.0470. The quantitative estimate of drug-likeness (QED) is 0.879. The van der Waals surface area contributed by atoms with E-state index >= 15 is 0 Å². The van der Waals surface area contributed by atoms with E-state index in [-0.39, 0.29) is 6.04 Å². The van der Waals surface area contributed by atoms with Crippen LogP contribution in [0.4, 0.5) is 0 Å². The minimum Gasteiger partial charge on any atom is -0.497 e. The molecule has 4 nitrogen and oxygen atoms in total. The molecule has 1 aliphatic heterocycles. The first-order valence-electron chi connectivity index (χ1n) is 7.46. The van der Waals surface area contributed by atoms with Gasteiger partial charge in [-0.1, -0.05) is 24.3 Å². The van der Waals surface area contributed by atoms with Crippen LogP contribution in [0.15, 0.2) is 53.6 Å². The number of aryl methyl sites for hydroxylation is 1. The smallest absolute Gasteiger partial charge is 0.187 e. The lowest BCUT2D eigenvalue weighted by Gasteiger charge is -2.23. The highest BCUT2D eigenvalue weighted by Crippen LogP contribution is 2.34. The van der Waals surface area contributed by atoms with Crippen LogP contribution in [-0.4, -0.2) is 22.9 Å². The second-order valence-electron chi connectivity index (χ2n) is 5.53. The zero-order valence-electron chi connectivity index (χ0n) is 13.2. The maximum Gasteiger partial charge on any atom is 0.187 e. The summed E-state index contributed by atoms with van der Waals surface area (Å²) in [5.74, 6) is 0.828. The number of thiocarbonyl (C=S) groups is 1. The fourth-order valence-electron chi connectivity index (χ4n) is 2.87. The van der Waals surface area contributed by atoms with Crippen molar-refractivity contribution < 1.29 is 4.74 Å². The van der Waals surface area contributed by atoms with Gasteiger partial charge >= 0.3 is 0 Å². The molecule has 0 spiro atoms. The minimum atomic E-state index is 0.0470. The molecule has 5 heteroatoms. The zero-order chi connectivity index (χ0) is 16.4. The van der Waals surface area contributed by atoms with E-state index in [0.29, 0.717) is 5.11 Å². The van der Waals surface area contributed by atoms with Gasteiger partial charge in [0, 0.05) is 6.42 Å². The number of hydrogen-bond donors (Lipinski definition) is 1. The van der Waals surface area contributed by atoms with Crippen LogP contribution in [0.3, 0.4) is 0 Å². The lowest BCUT2D eigenvalue weighted by atomic mass is 9.95. The second-order valence-corrected chi connectivity index (χ2v) is 5.95. The second kappa shape index (κ2) is 6.38. The van der Waals surface area contributed by atoms with Crippen LogP contribution in [0.2, 0.25) is 0 Å². The molecule has 2 N–H and O–H groups in total. The Morgan fingerprint density at radius 2 is 1.91 bits per heavy atom. The van der Waals surface area contributed by atoms with Crippen LogP contribution >= 0.6 is 12.2 Å². The van der Waals surface area contributed by atoms with E-state index in [4.69, 9.17) is 22.7 Å². The number of rotatable bonds is 3. The monoisotopic (exact) mass is 325 g/mol. The number of benzene rings is 2. The average molecular weight is 325 g/mol. The van der Waals surface area contributed by atoms with E-state index < -0.39 is 0 Å². The fourth-order valence-corrected chi connectivity index (χ4v) is 3.04. The summed E-state index contributed by atoms with van der Waals surface area (Å²) in [4.78, 5) is 0. The molecular formula is C18H19N3OS. The molecule has 1 unspecified atom stereocenters. The molecule has 0 saturated heterocycles. The van der Waals surface area contributed by atoms with Crippen LogP contribution in [0.25, 0.3) is 0 Å². The van der Waals surface area contributed by atoms with Crippen molar-refractivity contribution in [1.82, 2.24) is 5.01 Å². The van der Waals surface area contributed by atoms with E-state index in [1.54, 1.807) is 12.1 Å². The van der Waals surface area contributed by atoms with Gasteiger partial charge < -0.3 is 10.5 Å². The van der Waals surface area contributed by atoms with Crippen molar-refractivity contribution in [2.45, 2.75) is 19.4 Å². The molecule has 118 valence electrons. The van der Waals surface area contributed by atoms with Gasteiger partial charge in [0.25, 0.3) is 0 Å². The summed E-state index contributed by atoms with van der Waals surface area (Å²) in [6.45, 7) is 2.10. The molecule has 0 bridgehead atoms. The molecule has 0 saturated carbocycles. The highest BCUT2D eigenvalue weighted by atomic mass is 32.1. The molecule has 0 fully saturated rings. The van der Waals surface area contributed by atoms with Crippen LogP contribution < -0.4 is 10.5 Å². The SMILES string of the molecule is COc1ccc(C2=NN(C(N)=S)C(c3ccccc3C)C2)cc1. The van der Waals surface area contributed by atoms with Crippen LogP contribution in [0, 0.1) is 6.92 Å².